The molecule has 0 spiro atoms. The Bertz CT molecular complexity index is 484. The van der Waals surface area contributed by atoms with Crippen LogP contribution in [0, 0.1) is 0 Å². The third-order valence-electron chi connectivity index (χ3n) is 7.61. The monoisotopic (exact) mass is 543 g/mol. The van der Waals surface area contributed by atoms with E-state index in [4.69, 9.17) is 14.2 Å². The van der Waals surface area contributed by atoms with Crippen molar-refractivity contribution < 1.29 is 19.0 Å². The average molecular weight is 544 g/mol. The van der Waals surface area contributed by atoms with E-state index in [-0.39, 0.29) is 12.3 Å². The summed E-state index contributed by atoms with van der Waals surface area (Å²) in [6, 6.07) is 0. The lowest BCUT2D eigenvalue weighted by molar-refractivity contribution is -0.144. The van der Waals surface area contributed by atoms with Gasteiger partial charge in [-0.1, -0.05) is 109 Å². The number of thioether (sulfide) groups is 1. The van der Waals surface area contributed by atoms with Crippen LogP contribution >= 0.6 is 11.8 Å². The van der Waals surface area contributed by atoms with Gasteiger partial charge >= 0.3 is 5.97 Å². The number of hydrogen-bond donors (Lipinski definition) is 0. The van der Waals surface area contributed by atoms with E-state index < -0.39 is 0 Å². The SMILES string of the molecule is COC(CCCCCCCCCCCCCCCCCCCCCOC(=O)CCN1CCSCC1)OC. The second kappa shape index (κ2) is 27.3. The summed E-state index contributed by atoms with van der Waals surface area (Å²) in [5.41, 5.74) is 0. The van der Waals surface area contributed by atoms with Crippen molar-refractivity contribution in [3.63, 3.8) is 0 Å². The Morgan fingerprint density at radius 3 is 1.49 bits per heavy atom. The molecule has 0 saturated carbocycles. The molecule has 1 aliphatic rings. The van der Waals surface area contributed by atoms with Crippen molar-refractivity contribution in [2.24, 2.45) is 0 Å². The van der Waals surface area contributed by atoms with Gasteiger partial charge in [0, 0.05) is 45.4 Å². The first kappa shape index (κ1) is 34.7. The lowest BCUT2D eigenvalue weighted by Crippen LogP contribution is -2.34. The van der Waals surface area contributed by atoms with E-state index in [1.165, 1.54) is 127 Å². The highest BCUT2D eigenvalue weighted by molar-refractivity contribution is 7.99. The molecule has 0 radical (unpaired) electrons. The first-order valence-electron chi connectivity index (χ1n) is 15.8. The normalized spacial score (nSPS) is 14.5. The van der Waals surface area contributed by atoms with Crippen molar-refractivity contribution in [3.8, 4) is 0 Å². The Labute approximate surface area is 234 Å². The predicted molar refractivity (Wildman–Crippen MR) is 159 cm³/mol. The maximum Gasteiger partial charge on any atom is 0.307 e. The predicted octanol–water partition coefficient (Wildman–Crippen LogP) is 8.39. The number of methoxy groups -OCH3 is 2. The molecule has 1 saturated heterocycles. The van der Waals surface area contributed by atoms with Gasteiger partial charge in [0.15, 0.2) is 6.29 Å². The smallest absolute Gasteiger partial charge is 0.307 e. The summed E-state index contributed by atoms with van der Waals surface area (Å²) < 4.78 is 15.9. The van der Waals surface area contributed by atoms with Gasteiger partial charge in [0.25, 0.3) is 0 Å². The van der Waals surface area contributed by atoms with Crippen LogP contribution in [0.5, 0.6) is 0 Å². The lowest BCUT2D eigenvalue weighted by atomic mass is 10.0. The van der Waals surface area contributed by atoms with Gasteiger partial charge < -0.3 is 19.1 Å². The third kappa shape index (κ3) is 23.3. The molecular formula is C31H61NO4S. The maximum absolute atomic E-state index is 11.9. The maximum atomic E-state index is 11.9. The van der Waals surface area contributed by atoms with Crippen LogP contribution in [-0.2, 0) is 19.0 Å². The van der Waals surface area contributed by atoms with E-state index in [0.717, 1.165) is 32.5 Å². The zero-order valence-electron chi connectivity index (χ0n) is 24.7. The Morgan fingerprint density at radius 2 is 1.05 bits per heavy atom. The summed E-state index contributed by atoms with van der Waals surface area (Å²) in [6.45, 7) is 3.71. The van der Waals surface area contributed by atoms with E-state index in [1.807, 2.05) is 11.8 Å². The van der Waals surface area contributed by atoms with Crippen LogP contribution in [0.15, 0.2) is 0 Å². The summed E-state index contributed by atoms with van der Waals surface area (Å²) in [5, 5.41) is 0. The highest BCUT2D eigenvalue weighted by Gasteiger charge is 2.12. The highest BCUT2D eigenvalue weighted by atomic mass is 32.2. The minimum Gasteiger partial charge on any atom is -0.466 e. The van der Waals surface area contributed by atoms with Gasteiger partial charge in [0.05, 0.1) is 13.0 Å². The summed E-state index contributed by atoms with van der Waals surface area (Å²) in [5.74, 6) is 2.38. The Balaban J connectivity index is 1.68. The number of carbonyl (C=O) groups excluding carboxylic acids is 1. The molecule has 1 aliphatic heterocycles. The molecular weight excluding hydrogens is 482 g/mol. The van der Waals surface area contributed by atoms with Crippen molar-refractivity contribution in [2.75, 3.05) is 52.0 Å². The van der Waals surface area contributed by atoms with Crippen molar-refractivity contribution >= 4 is 17.7 Å². The van der Waals surface area contributed by atoms with Gasteiger partial charge in [0.1, 0.15) is 0 Å². The van der Waals surface area contributed by atoms with Gasteiger partial charge in [-0.05, 0) is 19.3 Å². The topological polar surface area (TPSA) is 48.0 Å². The molecule has 0 aromatic heterocycles. The first-order chi connectivity index (χ1) is 18.3. The van der Waals surface area contributed by atoms with Gasteiger partial charge in [-0.15, -0.1) is 0 Å². The van der Waals surface area contributed by atoms with E-state index in [1.54, 1.807) is 14.2 Å². The summed E-state index contributed by atoms with van der Waals surface area (Å²) in [4.78, 5) is 14.2. The zero-order valence-corrected chi connectivity index (χ0v) is 25.5. The van der Waals surface area contributed by atoms with Crippen LogP contribution in [-0.4, -0.2) is 69.1 Å². The number of unbranched alkanes of at least 4 members (excludes halogenated alkanes) is 18. The fourth-order valence-corrected chi connectivity index (χ4v) is 6.06. The van der Waals surface area contributed by atoms with E-state index in [2.05, 4.69) is 4.90 Å². The van der Waals surface area contributed by atoms with Crippen molar-refractivity contribution in [1.82, 2.24) is 4.90 Å². The number of rotatable bonds is 27. The summed E-state index contributed by atoms with van der Waals surface area (Å²) in [6.07, 6.45) is 27.2. The molecule has 0 amide bonds. The van der Waals surface area contributed by atoms with Gasteiger partial charge in [-0.25, -0.2) is 0 Å². The number of esters is 1. The van der Waals surface area contributed by atoms with Crippen LogP contribution in [0.4, 0.5) is 0 Å². The number of nitrogens with zero attached hydrogens (tertiary/aromatic N) is 1. The number of carbonyl (C=O) groups is 1. The quantitative estimate of drug-likeness (QED) is 0.0589. The molecule has 220 valence electrons. The molecule has 0 aliphatic carbocycles. The van der Waals surface area contributed by atoms with Gasteiger partial charge in [0.2, 0.25) is 0 Å². The van der Waals surface area contributed by atoms with Crippen molar-refractivity contribution in [3.05, 3.63) is 0 Å². The Kier molecular flexibility index (Phi) is 25.6. The Hall–Kier alpha value is -0.300. The van der Waals surface area contributed by atoms with Crippen LogP contribution < -0.4 is 0 Å². The van der Waals surface area contributed by atoms with E-state index >= 15 is 0 Å². The molecule has 1 fully saturated rings. The average Bonchev–Trinajstić information content (AvgIpc) is 2.93. The van der Waals surface area contributed by atoms with Gasteiger partial charge in [-0.3, -0.25) is 4.79 Å². The van der Waals surface area contributed by atoms with E-state index in [9.17, 15) is 4.79 Å². The molecule has 37 heavy (non-hydrogen) atoms. The second-order valence-electron chi connectivity index (χ2n) is 10.8. The molecule has 5 nitrogen and oxygen atoms in total. The highest BCUT2D eigenvalue weighted by Crippen LogP contribution is 2.15. The molecule has 0 aromatic carbocycles. The Morgan fingerprint density at radius 1 is 0.649 bits per heavy atom. The molecule has 1 heterocycles. The fraction of sp³-hybridized carbons (Fsp3) is 0.968. The molecule has 0 unspecified atom stereocenters. The molecule has 1 rings (SSSR count). The minimum atomic E-state index is -0.0148. The summed E-state index contributed by atoms with van der Waals surface area (Å²) in [7, 11) is 3.44. The number of ether oxygens (including phenoxy) is 3. The van der Waals surface area contributed by atoms with Crippen molar-refractivity contribution in [1.29, 1.82) is 0 Å². The van der Waals surface area contributed by atoms with Crippen LogP contribution in [0.3, 0.4) is 0 Å². The summed E-state index contributed by atoms with van der Waals surface area (Å²) >= 11 is 2.01. The first-order valence-corrected chi connectivity index (χ1v) is 16.9. The van der Waals surface area contributed by atoms with Crippen molar-refractivity contribution in [2.45, 2.75) is 141 Å². The number of hydrogen-bond acceptors (Lipinski definition) is 6. The van der Waals surface area contributed by atoms with Crippen LogP contribution in [0.2, 0.25) is 0 Å². The molecule has 0 aromatic rings. The lowest BCUT2D eigenvalue weighted by Gasteiger charge is -2.25. The van der Waals surface area contributed by atoms with Crippen LogP contribution in [0.1, 0.15) is 135 Å². The van der Waals surface area contributed by atoms with Gasteiger partial charge in [-0.2, -0.15) is 11.8 Å². The molecule has 6 heteroatoms. The third-order valence-corrected chi connectivity index (χ3v) is 8.55. The molecule has 0 atom stereocenters. The largest absolute Gasteiger partial charge is 0.466 e. The molecule has 0 bridgehead atoms. The molecule has 0 N–H and O–H groups in total. The second-order valence-corrected chi connectivity index (χ2v) is 12.1. The van der Waals surface area contributed by atoms with E-state index in [0.29, 0.717) is 13.0 Å². The minimum absolute atomic E-state index is 0.0140. The van der Waals surface area contributed by atoms with Crippen LogP contribution in [0.25, 0.3) is 0 Å². The zero-order chi connectivity index (χ0) is 26.7. The standard InChI is InChI=1S/C31H61NO4S/c1-34-31(35-2)22-20-18-16-14-12-10-8-6-4-3-5-7-9-11-13-15-17-19-21-27-36-30(33)23-24-32-25-28-37-29-26-32/h31H,3-29H2,1-2H3. The fourth-order valence-electron chi connectivity index (χ4n) is 5.08.